The van der Waals surface area contributed by atoms with Gasteiger partial charge in [-0.1, -0.05) is 24.3 Å². The molecule has 2 nitrogen and oxygen atoms in total. The van der Waals surface area contributed by atoms with E-state index in [1.807, 2.05) is 32.3 Å². The summed E-state index contributed by atoms with van der Waals surface area (Å²) < 4.78 is 14.9. The normalized spacial score (nSPS) is 13.4. The second-order valence-corrected chi connectivity index (χ2v) is 3.85. The van der Waals surface area contributed by atoms with Crippen molar-refractivity contribution in [3.05, 3.63) is 52.7 Å². The summed E-state index contributed by atoms with van der Waals surface area (Å²) in [7, 11) is 0. The zero-order chi connectivity index (χ0) is 12.3. The van der Waals surface area contributed by atoms with E-state index in [2.05, 4.69) is 9.55 Å². The van der Waals surface area contributed by atoms with Gasteiger partial charge >= 0.3 is 0 Å². The number of halogens is 1. The molecule has 2 rings (SSSR count). The van der Waals surface area contributed by atoms with Crippen LogP contribution in [0.5, 0.6) is 0 Å². The van der Waals surface area contributed by atoms with Crippen molar-refractivity contribution in [2.45, 2.75) is 20.4 Å². The van der Waals surface area contributed by atoms with E-state index in [0.29, 0.717) is 6.54 Å². The van der Waals surface area contributed by atoms with Crippen molar-refractivity contribution in [1.82, 2.24) is 9.55 Å². The largest absolute Gasteiger partial charge is 0.326 e. The molecule has 0 unspecified atom stereocenters. The lowest BCUT2D eigenvalue weighted by Gasteiger charge is -2.03. The van der Waals surface area contributed by atoms with Gasteiger partial charge in [0.15, 0.2) is 0 Å². The lowest BCUT2D eigenvalue weighted by atomic mass is 10.2. The third-order valence-electron chi connectivity index (χ3n) is 2.72. The molecule has 0 radical (unpaired) electrons. The van der Waals surface area contributed by atoms with Crippen LogP contribution in [0.4, 0.5) is 4.39 Å². The zero-order valence-electron chi connectivity index (χ0n) is 10.0. The van der Waals surface area contributed by atoms with Gasteiger partial charge < -0.3 is 4.57 Å². The maximum atomic E-state index is 12.8. The van der Waals surface area contributed by atoms with Crippen LogP contribution in [0.1, 0.15) is 19.4 Å². The van der Waals surface area contributed by atoms with E-state index < -0.39 is 0 Å². The minimum Gasteiger partial charge on any atom is -0.326 e. The highest BCUT2D eigenvalue weighted by Gasteiger charge is 1.98. The Balaban J connectivity index is 2.37. The third-order valence-corrected chi connectivity index (χ3v) is 2.72. The zero-order valence-corrected chi connectivity index (χ0v) is 10.0. The molecule has 0 saturated carbocycles. The quantitative estimate of drug-likeness (QED) is 0.767. The Morgan fingerprint density at radius 3 is 2.47 bits per heavy atom. The lowest BCUT2D eigenvalue weighted by molar-refractivity contribution is 0.626. The lowest BCUT2D eigenvalue weighted by Crippen LogP contribution is -2.29. The molecule has 1 aromatic heterocycles. The molecule has 0 bridgehead atoms. The van der Waals surface area contributed by atoms with Gasteiger partial charge in [0.1, 0.15) is 5.82 Å². The Bertz CT molecular complexity index is 609. The van der Waals surface area contributed by atoms with Crippen LogP contribution in [-0.2, 0) is 6.54 Å². The van der Waals surface area contributed by atoms with Gasteiger partial charge in [-0.2, -0.15) is 0 Å². The Kier molecular flexibility index (Phi) is 3.38. The Labute approximate surface area is 99.7 Å². The number of rotatable bonds is 2. The van der Waals surface area contributed by atoms with Crippen molar-refractivity contribution in [3.63, 3.8) is 0 Å². The van der Waals surface area contributed by atoms with Gasteiger partial charge in [-0.15, -0.1) is 0 Å². The number of imidazole rings is 1. The highest BCUT2D eigenvalue weighted by atomic mass is 19.1. The average Bonchev–Trinajstić information content (AvgIpc) is 2.74. The number of hydrogen-bond acceptors (Lipinski definition) is 1. The highest BCUT2D eigenvalue weighted by Crippen LogP contribution is 2.03. The maximum absolute atomic E-state index is 12.8. The van der Waals surface area contributed by atoms with Crippen LogP contribution in [0.25, 0.3) is 12.2 Å². The summed E-state index contributed by atoms with van der Waals surface area (Å²) in [6.45, 7) is 4.67. The van der Waals surface area contributed by atoms with Crippen molar-refractivity contribution in [2.75, 3.05) is 0 Å². The molecule has 1 aromatic carbocycles. The molecule has 17 heavy (non-hydrogen) atoms. The van der Waals surface area contributed by atoms with Crippen molar-refractivity contribution >= 4 is 12.2 Å². The summed E-state index contributed by atoms with van der Waals surface area (Å²) in [6.07, 6.45) is 5.83. The van der Waals surface area contributed by atoms with Crippen LogP contribution in [0.15, 0.2) is 30.6 Å². The summed E-state index contributed by atoms with van der Waals surface area (Å²) >= 11 is 0. The van der Waals surface area contributed by atoms with Crippen LogP contribution in [0, 0.1) is 5.82 Å². The predicted molar refractivity (Wildman–Crippen MR) is 67.3 cm³/mol. The predicted octanol–water partition coefficient (Wildman–Crippen LogP) is 1.67. The van der Waals surface area contributed by atoms with E-state index in [9.17, 15) is 4.39 Å². The van der Waals surface area contributed by atoms with Crippen molar-refractivity contribution in [3.8, 4) is 0 Å². The molecule has 0 atom stereocenters. The molecule has 2 aromatic rings. The van der Waals surface area contributed by atoms with Gasteiger partial charge in [0.05, 0.1) is 17.0 Å². The molecule has 0 aliphatic rings. The fourth-order valence-electron chi connectivity index (χ4n) is 1.86. The molecule has 0 fully saturated rings. The van der Waals surface area contributed by atoms with E-state index in [1.54, 1.807) is 12.1 Å². The first-order valence-corrected chi connectivity index (χ1v) is 5.63. The minimum atomic E-state index is -0.204. The van der Waals surface area contributed by atoms with Gasteiger partial charge in [0.25, 0.3) is 0 Å². The second kappa shape index (κ2) is 4.95. The Morgan fingerprint density at radius 1 is 1.18 bits per heavy atom. The third kappa shape index (κ3) is 2.44. The van der Waals surface area contributed by atoms with Crippen LogP contribution in [0.2, 0.25) is 0 Å². The smallest absolute Gasteiger partial charge is 0.123 e. The molecule has 0 saturated heterocycles. The van der Waals surface area contributed by atoms with E-state index in [4.69, 9.17) is 0 Å². The number of benzene rings is 1. The van der Waals surface area contributed by atoms with Gasteiger partial charge in [-0.3, -0.25) is 0 Å². The van der Waals surface area contributed by atoms with Gasteiger partial charge in [0, 0.05) is 6.54 Å². The topological polar surface area (TPSA) is 17.8 Å². The van der Waals surface area contributed by atoms with E-state index in [-0.39, 0.29) is 5.82 Å². The fraction of sp³-hybridized carbons (Fsp3) is 0.214. The van der Waals surface area contributed by atoms with Crippen LogP contribution < -0.4 is 10.7 Å². The Hall–Kier alpha value is -1.90. The number of aromatic nitrogens is 2. The summed E-state index contributed by atoms with van der Waals surface area (Å²) in [6, 6.07) is 6.55. The van der Waals surface area contributed by atoms with Crippen molar-refractivity contribution in [1.29, 1.82) is 0 Å². The summed E-state index contributed by atoms with van der Waals surface area (Å²) in [5.41, 5.74) is 1.06. The van der Waals surface area contributed by atoms with E-state index in [1.165, 1.54) is 12.1 Å². The van der Waals surface area contributed by atoms with Gasteiger partial charge in [-0.05, 0) is 31.5 Å². The van der Waals surface area contributed by atoms with Crippen LogP contribution in [-0.4, -0.2) is 9.55 Å². The maximum Gasteiger partial charge on any atom is 0.123 e. The van der Waals surface area contributed by atoms with Gasteiger partial charge in [0.2, 0.25) is 0 Å². The number of nitrogens with zero attached hydrogens (tertiary/aromatic N) is 2. The standard InChI is InChI=1S/C14H15FN2/c1-3-13-14(4-2)17(10-16-13)9-11-5-7-12(15)8-6-11/h3-8,10H,9H2,1-2H3/b13-3+,14-4+. The van der Waals surface area contributed by atoms with Crippen molar-refractivity contribution < 1.29 is 4.39 Å². The van der Waals surface area contributed by atoms with Gasteiger partial charge in [-0.25, -0.2) is 9.37 Å². The molecule has 0 N–H and O–H groups in total. The molecule has 0 amide bonds. The molecule has 0 aliphatic carbocycles. The Morgan fingerprint density at radius 2 is 1.88 bits per heavy atom. The average molecular weight is 230 g/mol. The first kappa shape index (κ1) is 11.6. The minimum absolute atomic E-state index is 0.204. The van der Waals surface area contributed by atoms with Crippen molar-refractivity contribution in [2.24, 2.45) is 0 Å². The molecule has 3 heteroatoms. The summed E-state index contributed by atoms with van der Waals surface area (Å²) in [4.78, 5) is 4.32. The molecular formula is C14H15FN2. The summed E-state index contributed by atoms with van der Waals surface area (Å²) in [5, 5.41) is 2.08. The first-order valence-electron chi connectivity index (χ1n) is 5.63. The molecule has 88 valence electrons. The van der Waals surface area contributed by atoms with E-state index >= 15 is 0 Å². The monoisotopic (exact) mass is 230 g/mol. The fourth-order valence-corrected chi connectivity index (χ4v) is 1.86. The molecule has 0 spiro atoms. The summed E-state index contributed by atoms with van der Waals surface area (Å²) in [5.74, 6) is -0.204. The molecule has 1 heterocycles. The van der Waals surface area contributed by atoms with E-state index in [0.717, 1.165) is 16.3 Å². The van der Waals surface area contributed by atoms with Crippen LogP contribution in [0.3, 0.4) is 0 Å². The molecular weight excluding hydrogens is 215 g/mol. The first-order chi connectivity index (χ1) is 8.24. The molecule has 0 aliphatic heterocycles. The van der Waals surface area contributed by atoms with Crippen LogP contribution >= 0.6 is 0 Å². The number of hydrogen-bond donors (Lipinski definition) is 0. The second-order valence-electron chi connectivity index (χ2n) is 3.85. The SMILES string of the molecule is C/C=c1/ncn(Cc2ccc(F)cc2)/c1=C/C. The highest BCUT2D eigenvalue weighted by molar-refractivity contribution is 5.23.